The van der Waals surface area contributed by atoms with E-state index < -0.39 is 0 Å². The maximum Gasteiger partial charge on any atom is 0.137 e. The number of thioether (sulfide) groups is 1. The molecule has 112 valence electrons. The predicted molar refractivity (Wildman–Crippen MR) is 89.1 cm³/mol. The summed E-state index contributed by atoms with van der Waals surface area (Å²) in [5.41, 5.74) is 3.54. The number of benzene rings is 2. The first-order valence-corrected chi connectivity index (χ1v) is 8.24. The lowest BCUT2D eigenvalue weighted by Gasteiger charge is -2.13. The molecule has 1 nitrogen and oxygen atoms in total. The van der Waals surface area contributed by atoms with E-state index in [0.717, 1.165) is 16.2 Å². The summed E-state index contributed by atoms with van der Waals surface area (Å²) < 4.78 is 14.1. The number of hydrogen-bond acceptors (Lipinski definition) is 2. The number of halogens is 1. The van der Waals surface area contributed by atoms with Crippen molar-refractivity contribution in [3.63, 3.8) is 0 Å². The Morgan fingerprint density at radius 2 is 1.76 bits per heavy atom. The van der Waals surface area contributed by atoms with Gasteiger partial charge in [-0.1, -0.05) is 50.2 Å². The van der Waals surface area contributed by atoms with Crippen LogP contribution in [-0.2, 0) is 12.3 Å². The summed E-state index contributed by atoms with van der Waals surface area (Å²) in [6.45, 7) is 6.99. The molecule has 3 heteroatoms. The molecule has 2 aromatic carbocycles. The van der Waals surface area contributed by atoms with E-state index in [1.807, 2.05) is 18.2 Å². The quantitative estimate of drug-likeness (QED) is 0.760. The number of aryl methyl sites for hydroxylation is 1. The minimum Gasteiger partial charge on any atom is -0.310 e. The van der Waals surface area contributed by atoms with Gasteiger partial charge in [0.1, 0.15) is 5.82 Å². The summed E-state index contributed by atoms with van der Waals surface area (Å²) in [5, 5.41) is 3.36. The molecule has 0 heterocycles. The van der Waals surface area contributed by atoms with Gasteiger partial charge in [0, 0.05) is 23.2 Å². The van der Waals surface area contributed by atoms with Gasteiger partial charge in [-0.05, 0) is 29.7 Å². The van der Waals surface area contributed by atoms with Crippen molar-refractivity contribution in [1.82, 2.24) is 5.32 Å². The minimum absolute atomic E-state index is 0.128. The van der Waals surface area contributed by atoms with Crippen LogP contribution in [0.25, 0.3) is 0 Å². The van der Waals surface area contributed by atoms with Crippen LogP contribution in [-0.4, -0.2) is 6.04 Å². The molecule has 0 amide bonds. The molecule has 0 aliphatic carbocycles. The summed E-state index contributed by atoms with van der Waals surface area (Å²) >= 11 is 1.58. The van der Waals surface area contributed by atoms with Crippen molar-refractivity contribution in [2.75, 3.05) is 0 Å². The van der Waals surface area contributed by atoms with Crippen LogP contribution in [0.15, 0.2) is 47.4 Å². The molecule has 2 rings (SSSR count). The zero-order valence-electron chi connectivity index (χ0n) is 12.8. The van der Waals surface area contributed by atoms with Crippen molar-refractivity contribution in [3.8, 4) is 0 Å². The van der Waals surface area contributed by atoms with E-state index in [-0.39, 0.29) is 5.82 Å². The molecule has 0 bridgehead atoms. The fourth-order valence-electron chi connectivity index (χ4n) is 2.09. The van der Waals surface area contributed by atoms with Crippen molar-refractivity contribution in [3.05, 3.63) is 65.0 Å². The highest BCUT2D eigenvalue weighted by Gasteiger charge is 2.10. The van der Waals surface area contributed by atoms with Crippen molar-refractivity contribution < 1.29 is 4.39 Å². The average molecular weight is 303 g/mol. The summed E-state index contributed by atoms with van der Waals surface area (Å²) in [4.78, 5) is 0.758. The lowest BCUT2D eigenvalue weighted by molar-refractivity contribution is 0.564. The second kappa shape index (κ2) is 7.62. The molecule has 0 saturated heterocycles. The second-order valence-corrected chi connectivity index (χ2v) is 6.46. The highest BCUT2D eigenvalue weighted by Crippen LogP contribution is 2.30. The molecule has 0 saturated carbocycles. The molecule has 2 aromatic rings. The first kappa shape index (κ1) is 16.1. The molecule has 0 unspecified atom stereocenters. The van der Waals surface area contributed by atoms with Gasteiger partial charge in [0.2, 0.25) is 0 Å². The normalized spacial score (nSPS) is 11.1. The van der Waals surface area contributed by atoms with Crippen LogP contribution in [0.5, 0.6) is 0 Å². The predicted octanol–water partition coefficient (Wildman–Crippen LogP) is 4.92. The van der Waals surface area contributed by atoms with E-state index in [0.29, 0.717) is 12.6 Å². The summed E-state index contributed by atoms with van der Waals surface area (Å²) in [5.74, 6) is 0.666. The lowest BCUT2D eigenvalue weighted by Crippen LogP contribution is -2.22. The van der Waals surface area contributed by atoms with E-state index in [1.165, 1.54) is 11.1 Å². The summed E-state index contributed by atoms with van der Waals surface area (Å²) in [6.07, 6.45) is 0. The Morgan fingerprint density at radius 3 is 2.48 bits per heavy atom. The number of rotatable bonds is 6. The number of nitrogens with one attached hydrogen (secondary N) is 1. The van der Waals surface area contributed by atoms with Crippen LogP contribution >= 0.6 is 11.8 Å². The van der Waals surface area contributed by atoms with Crippen LogP contribution in [0.4, 0.5) is 4.39 Å². The minimum atomic E-state index is -0.128. The Balaban J connectivity index is 2.13. The van der Waals surface area contributed by atoms with Gasteiger partial charge in [0.15, 0.2) is 0 Å². The Labute approximate surface area is 131 Å². The molecular formula is C18H22FNS. The topological polar surface area (TPSA) is 12.0 Å². The molecular weight excluding hydrogens is 281 g/mol. The molecule has 1 N–H and O–H groups in total. The van der Waals surface area contributed by atoms with Crippen LogP contribution in [0, 0.1) is 12.7 Å². The molecule has 0 aromatic heterocycles. The highest BCUT2D eigenvalue weighted by atomic mass is 32.2. The third kappa shape index (κ3) is 4.58. The SMILES string of the molecule is Cc1ccccc1CSc1c(F)cccc1CNC(C)C. The van der Waals surface area contributed by atoms with Crippen molar-refractivity contribution in [2.45, 2.75) is 44.0 Å². The molecule has 0 radical (unpaired) electrons. The van der Waals surface area contributed by atoms with Gasteiger partial charge in [-0.25, -0.2) is 4.39 Å². The van der Waals surface area contributed by atoms with Gasteiger partial charge in [0.25, 0.3) is 0 Å². The molecule has 21 heavy (non-hydrogen) atoms. The first-order chi connectivity index (χ1) is 10.1. The molecule has 0 aliphatic rings. The number of hydrogen-bond donors (Lipinski definition) is 1. The standard InChI is InChI=1S/C18H22FNS/c1-13(2)20-11-15-9-6-10-17(19)18(15)21-12-16-8-5-4-7-14(16)3/h4-10,13,20H,11-12H2,1-3H3. The van der Waals surface area contributed by atoms with E-state index in [9.17, 15) is 4.39 Å². The monoisotopic (exact) mass is 303 g/mol. The van der Waals surface area contributed by atoms with Gasteiger partial charge < -0.3 is 5.32 Å². The van der Waals surface area contributed by atoms with Crippen LogP contribution in [0.2, 0.25) is 0 Å². The van der Waals surface area contributed by atoms with Crippen LogP contribution < -0.4 is 5.32 Å². The van der Waals surface area contributed by atoms with Gasteiger partial charge >= 0.3 is 0 Å². The maximum absolute atomic E-state index is 14.1. The average Bonchev–Trinajstić information content (AvgIpc) is 2.45. The largest absolute Gasteiger partial charge is 0.310 e. The maximum atomic E-state index is 14.1. The Morgan fingerprint density at radius 1 is 1.05 bits per heavy atom. The van der Waals surface area contributed by atoms with Crippen molar-refractivity contribution >= 4 is 11.8 Å². The van der Waals surface area contributed by atoms with Gasteiger partial charge in [-0.3, -0.25) is 0 Å². The third-order valence-corrected chi connectivity index (χ3v) is 4.58. The fourth-order valence-corrected chi connectivity index (χ4v) is 3.25. The van der Waals surface area contributed by atoms with Crippen molar-refractivity contribution in [2.24, 2.45) is 0 Å². The molecule has 0 aliphatic heterocycles. The van der Waals surface area contributed by atoms with E-state index in [4.69, 9.17) is 0 Å². The van der Waals surface area contributed by atoms with Gasteiger partial charge in [-0.2, -0.15) is 0 Å². The van der Waals surface area contributed by atoms with Crippen molar-refractivity contribution in [1.29, 1.82) is 0 Å². The Hall–Kier alpha value is -1.32. The molecule has 0 atom stereocenters. The summed E-state index contributed by atoms with van der Waals surface area (Å²) in [6, 6.07) is 14.0. The van der Waals surface area contributed by atoms with E-state index >= 15 is 0 Å². The highest BCUT2D eigenvalue weighted by molar-refractivity contribution is 7.98. The summed E-state index contributed by atoms with van der Waals surface area (Å²) in [7, 11) is 0. The molecule has 0 spiro atoms. The Kier molecular flexibility index (Phi) is 5.83. The zero-order chi connectivity index (χ0) is 15.2. The van der Waals surface area contributed by atoms with E-state index in [2.05, 4.69) is 38.2 Å². The smallest absolute Gasteiger partial charge is 0.137 e. The lowest BCUT2D eigenvalue weighted by atomic mass is 10.1. The first-order valence-electron chi connectivity index (χ1n) is 7.26. The molecule has 0 fully saturated rings. The van der Waals surface area contributed by atoms with E-state index in [1.54, 1.807) is 23.9 Å². The van der Waals surface area contributed by atoms with Gasteiger partial charge in [-0.15, -0.1) is 11.8 Å². The fraction of sp³-hybridized carbons (Fsp3) is 0.333. The van der Waals surface area contributed by atoms with Crippen LogP contribution in [0.3, 0.4) is 0 Å². The van der Waals surface area contributed by atoms with Crippen LogP contribution in [0.1, 0.15) is 30.5 Å². The Bertz CT molecular complexity index is 596. The third-order valence-electron chi connectivity index (χ3n) is 3.38. The second-order valence-electron chi connectivity index (χ2n) is 5.48. The zero-order valence-corrected chi connectivity index (χ0v) is 13.6. The van der Waals surface area contributed by atoms with Gasteiger partial charge in [0.05, 0.1) is 0 Å².